The summed E-state index contributed by atoms with van der Waals surface area (Å²) in [5.74, 6) is -0.0756. The van der Waals surface area contributed by atoms with E-state index < -0.39 is 0 Å². The highest BCUT2D eigenvalue weighted by atomic mass is 32.1. The lowest BCUT2D eigenvalue weighted by Gasteiger charge is -2.14. The molecule has 0 aliphatic heterocycles. The van der Waals surface area contributed by atoms with Gasteiger partial charge in [0.05, 0.1) is 22.8 Å². The summed E-state index contributed by atoms with van der Waals surface area (Å²) < 4.78 is 0. The number of thiophene rings is 1. The first-order chi connectivity index (χ1) is 10.5. The molecule has 0 aliphatic carbocycles. The number of fused-ring (bicyclic) bond motifs is 1. The fraction of sp³-hybridized carbons (Fsp3) is 0.222. The molecule has 1 N–H and O–H groups in total. The highest BCUT2D eigenvalue weighted by Crippen LogP contribution is 2.21. The molecule has 22 heavy (non-hydrogen) atoms. The van der Waals surface area contributed by atoms with E-state index in [1.807, 2.05) is 62.5 Å². The Kier molecular flexibility index (Phi) is 3.94. The van der Waals surface area contributed by atoms with Gasteiger partial charge in [-0.05, 0) is 49.9 Å². The number of amides is 1. The van der Waals surface area contributed by atoms with Crippen molar-refractivity contribution >= 4 is 28.1 Å². The van der Waals surface area contributed by atoms with Crippen LogP contribution in [0.2, 0.25) is 0 Å². The van der Waals surface area contributed by atoms with Crippen molar-refractivity contribution in [2.75, 3.05) is 0 Å². The zero-order chi connectivity index (χ0) is 15.7. The van der Waals surface area contributed by atoms with Crippen LogP contribution < -0.4 is 5.32 Å². The number of hydrogen-bond acceptors (Lipinski definition) is 3. The molecular formula is C18H18N2OS. The van der Waals surface area contributed by atoms with Gasteiger partial charge in [0.2, 0.25) is 0 Å². The molecule has 2 aromatic heterocycles. The van der Waals surface area contributed by atoms with Crippen molar-refractivity contribution in [2.45, 2.75) is 26.8 Å². The third kappa shape index (κ3) is 2.88. The van der Waals surface area contributed by atoms with Gasteiger partial charge in [0, 0.05) is 10.3 Å². The summed E-state index contributed by atoms with van der Waals surface area (Å²) in [6.07, 6.45) is 0. The van der Waals surface area contributed by atoms with E-state index in [4.69, 9.17) is 0 Å². The second-order valence-corrected chi connectivity index (χ2v) is 6.51. The monoisotopic (exact) mass is 310 g/mol. The Labute approximate surface area is 134 Å². The van der Waals surface area contributed by atoms with Gasteiger partial charge in [0.25, 0.3) is 5.91 Å². The largest absolute Gasteiger partial charge is 0.345 e. The minimum Gasteiger partial charge on any atom is -0.345 e. The standard InChI is InChI=1S/C18H18N2OS/c1-11-6-7-14-10-15(12(2)19-16(14)9-11)18(21)20-13(3)17-5-4-8-22-17/h4-10,13H,1-3H3,(H,20,21)/t13-/m1/s1. The van der Waals surface area contributed by atoms with Gasteiger partial charge in [0.15, 0.2) is 0 Å². The molecule has 3 nitrogen and oxygen atoms in total. The van der Waals surface area contributed by atoms with E-state index in [0.717, 1.165) is 21.5 Å². The molecule has 0 bridgehead atoms. The molecule has 4 heteroatoms. The summed E-state index contributed by atoms with van der Waals surface area (Å²) in [6.45, 7) is 5.92. The summed E-state index contributed by atoms with van der Waals surface area (Å²) in [6, 6.07) is 12.0. The SMILES string of the molecule is Cc1ccc2cc(C(=O)N[C@H](C)c3cccs3)c(C)nc2c1. The van der Waals surface area contributed by atoms with Crippen molar-refractivity contribution in [3.63, 3.8) is 0 Å². The van der Waals surface area contributed by atoms with Gasteiger partial charge in [0.1, 0.15) is 0 Å². The minimum atomic E-state index is -0.0756. The third-order valence-corrected chi connectivity index (χ3v) is 4.78. The lowest BCUT2D eigenvalue weighted by atomic mass is 10.1. The molecule has 0 fully saturated rings. The Morgan fingerprint density at radius 2 is 2.05 bits per heavy atom. The van der Waals surface area contributed by atoms with E-state index in [9.17, 15) is 4.79 Å². The van der Waals surface area contributed by atoms with Crippen LogP contribution in [0.25, 0.3) is 10.9 Å². The predicted octanol–water partition coefficient (Wildman–Crippen LogP) is 4.40. The molecule has 112 valence electrons. The van der Waals surface area contributed by atoms with Gasteiger partial charge < -0.3 is 5.32 Å². The van der Waals surface area contributed by atoms with E-state index >= 15 is 0 Å². The van der Waals surface area contributed by atoms with Crippen molar-refractivity contribution in [1.82, 2.24) is 10.3 Å². The quantitative estimate of drug-likeness (QED) is 0.779. The predicted molar refractivity (Wildman–Crippen MR) is 91.4 cm³/mol. The molecule has 0 saturated carbocycles. The van der Waals surface area contributed by atoms with Crippen molar-refractivity contribution in [2.24, 2.45) is 0 Å². The number of carbonyl (C=O) groups excluding carboxylic acids is 1. The molecule has 1 aromatic carbocycles. The van der Waals surface area contributed by atoms with Gasteiger partial charge in [-0.15, -0.1) is 11.3 Å². The molecule has 0 spiro atoms. The fourth-order valence-corrected chi connectivity index (χ4v) is 3.22. The summed E-state index contributed by atoms with van der Waals surface area (Å²) >= 11 is 1.65. The lowest BCUT2D eigenvalue weighted by Crippen LogP contribution is -2.27. The maximum Gasteiger partial charge on any atom is 0.253 e. The zero-order valence-corrected chi connectivity index (χ0v) is 13.7. The van der Waals surface area contributed by atoms with Crippen molar-refractivity contribution in [3.05, 3.63) is 63.5 Å². The third-order valence-electron chi connectivity index (χ3n) is 3.73. The molecule has 1 atom stereocenters. The van der Waals surface area contributed by atoms with Crippen molar-refractivity contribution < 1.29 is 4.79 Å². The molecule has 0 unspecified atom stereocenters. The summed E-state index contributed by atoms with van der Waals surface area (Å²) in [5.41, 5.74) is 3.50. The molecule has 0 radical (unpaired) electrons. The summed E-state index contributed by atoms with van der Waals surface area (Å²) in [5, 5.41) is 6.05. The van der Waals surface area contributed by atoms with Gasteiger partial charge in [-0.25, -0.2) is 0 Å². The maximum absolute atomic E-state index is 12.5. The zero-order valence-electron chi connectivity index (χ0n) is 12.9. The van der Waals surface area contributed by atoms with Gasteiger partial charge in [-0.3, -0.25) is 9.78 Å². The number of rotatable bonds is 3. The molecule has 0 saturated heterocycles. The first-order valence-corrected chi connectivity index (χ1v) is 8.15. The fourth-order valence-electron chi connectivity index (χ4n) is 2.49. The molecule has 3 rings (SSSR count). The second-order valence-electron chi connectivity index (χ2n) is 5.53. The number of aromatic nitrogens is 1. The normalized spacial score (nSPS) is 12.3. The molecule has 0 aliphatic rings. The molecule has 3 aromatic rings. The van der Waals surface area contributed by atoms with Crippen molar-refractivity contribution in [1.29, 1.82) is 0 Å². The number of hydrogen-bond donors (Lipinski definition) is 1. The molecular weight excluding hydrogens is 292 g/mol. The van der Waals surface area contributed by atoms with E-state index in [1.165, 1.54) is 5.56 Å². The summed E-state index contributed by atoms with van der Waals surface area (Å²) in [4.78, 5) is 18.3. The Balaban J connectivity index is 1.90. The van der Waals surface area contributed by atoms with Crippen LogP contribution in [0.1, 0.15) is 39.5 Å². The van der Waals surface area contributed by atoms with E-state index in [2.05, 4.69) is 10.3 Å². The van der Waals surface area contributed by atoms with Crippen LogP contribution in [0, 0.1) is 13.8 Å². The average Bonchev–Trinajstić information content (AvgIpc) is 3.00. The second kappa shape index (κ2) is 5.89. The van der Waals surface area contributed by atoms with Crippen LogP contribution in [0.15, 0.2) is 41.8 Å². The number of nitrogens with zero attached hydrogens (tertiary/aromatic N) is 1. The topological polar surface area (TPSA) is 42.0 Å². The number of nitrogens with one attached hydrogen (secondary N) is 1. The molecule has 1 amide bonds. The average molecular weight is 310 g/mol. The van der Waals surface area contributed by atoms with Gasteiger partial charge in [-0.2, -0.15) is 0 Å². The molecule has 2 heterocycles. The van der Waals surface area contributed by atoms with Crippen molar-refractivity contribution in [3.8, 4) is 0 Å². The van der Waals surface area contributed by atoms with E-state index in [-0.39, 0.29) is 11.9 Å². The van der Waals surface area contributed by atoms with E-state index in [1.54, 1.807) is 11.3 Å². The number of carbonyl (C=O) groups is 1. The highest BCUT2D eigenvalue weighted by Gasteiger charge is 2.15. The van der Waals surface area contributed by atoms with Crippen LogP contribution in [-0.4, -0.2) is 10.9 Å². The Morgan fingerprint density at radius 3 is 2.77 bits per heavy atom. The minimum absolute atomic E-state index is 0.000569. The van der Waals surface area contributed by atoms with Crippen LogP contribution in [0.4, 0.5) is 0 Å². The lowest BCUT2D eigenvalue weighted by molar-refractivity contribution is 0.0939. The van der Waals surface area contributed by atoms with Crippen LogP contribution in [0.5, 0.6) is 0 Å². The highest BCUT2D eigenvalue weighted by molar-refractivity contribution is 7.10. The Hall–Kier alpha value is -2.20. The summed E-state index contributed by atoms with van der Waals surface area (Å²) in [7, 11) is 0. The van der Waals surface area contributed by atoms with Crippen LogP contribution in [-0.2, 0) is 0 Å². The Morgan fingerprint density at radius 1 is 1.23 bits per heavy atom. The van der Waals surface area contributed by atoms with E-state index in [0.29, 0.717) is 5.56 Å². The van der Waals surface area contributed by atoms with Crippen LogP contribution in [0.3, 0.4) is 0 Å². The first-order valence-electron chi connectivity index (χ1n) is 7.27. The smallest absolute Gasteiger partial charge is 0.253 e. The Bertz CT molecular complexity index is 824. The first kappa shape index (κ1) is 14.7. The number of pyridine rings is 1. The van der Waals surface area contributed by atoms with Crippen LogP contribution >= 0.6 is 11.3 Å². The maximum atomic E-state index is 12.5. The van der Waals surface area contributed by atoms with Gasteiger partial charge >= 0.3 is 0 Å². The number of benzene rings is 1. The number of aryl methyl sites for hydroxylation is 2. The van der Waals surface area contributed by atoms with Gasteiger partial charge in [-0.1, -0.05) is 18.2 Å².